The number of hydrogen-bond acceptors (Lipinski definition) is 8. The number of ether oxygens (including phenoxy) is 1. The molecule has 7 N–H and O–H groups in total. The molecule has 0 aromatic heterocycles. The van der Waals surface area contributed by atoms with Crippen molar-refractivity contribution in [2.24, 2.45) is 16.2 Å². The van der Waals surface area contributed by atoms with Crippen molar-refractivity contribution < 1.29 is 39.2 Å². The van der Waals surface area contributed by atoms with Crippen molar-refractivity contribution in [3.05, 3.63) is 35.9 Å². The van der Waals surface area contributed by atoms with Gasteiger partial charge in [0.1, 0.15) is 6.61 Å². The van der Waals surface area contributed by atoms with E-state index >= 15 is 0 Å². The summed E-state index contributed by atoms with van der Waals surface area (Å²) >= 11 is 0. The van der Waals surface area contributed by atoms with Gasteiger partial charge in [0.15, 0.2) is 0 Å². The third-order valence-electron chi connectivity index (χ3n) is 9.92. The monoisotopic (exact) mass is 630 g/mol. The molecule has 4 aliphatic rings. The molecule has 4 bridgehead atoms. The molecule has 45 heavy (non-hydrogen) atoms. The molecule has 0 aliphatic heterocycles. The topological polar surface area (TPSA) is 186 Å². The smallest absolute Gasteiger partial charge is 0.407 e. The number of carbonyl (C=O) groups excluding carboxylic acids is 4. The number of aliphatic hydroxyl groups is 3. The second-order valence-corrected chi connectivity index (χ2v) is 13.7. The zero-order valence-corrected chi connectivity index (χ0v) is 26.2. The van der Waals surface area contributed by atoms with Gasteiger partial charge in [-0.3, -0.25) is 14.4 Å². The molecule has 0 atom stereocenters. The van der Waals surface area contributed by atoms with Gasteiger partial charge in [0.05, 0.1) is 19.8 Å². The van der Waals surface area contributed by atoms with Gasteiger partial charge in [0, 0.05) is 44.4 Å². The molecular formula is C33H50N4O8. The molecule has 12 heteroatoms. The SMILES string of the molecule is O=C(CCC12CC3(CCC(=O)NCCO)CC(CCC(=O)NCCO)(C1)CC(NC(=O)OCc1ccccc1)(C2)C3)NCCO. The summed E-state index contributed by atoms with van der Waals surface area (Å²) in [5, 5.41) is 39.0. The van der Waals surface area contributed by atoms with E-state index in [4.69, 9.17) is 4.74 Å². The standard InChI is InChI=1S/C33H50N4O8/c38-15-12-34-26(41)6-9-30-19-31(10-7-27(42)35-13-16-39)21-32(20-30,11-8-28(43)36-14-17-40)24-33(22-30,23-31)37-29(44)45-18-25-4-2-1-3-5-25/h1-5,38-40H,6-24H2,(H,34,41)(H,35,42)(H,36,43)(H,37,44). The maximum absolute atomic E-state index is 13.4. The Balaban J connectivity index is 1.61. The summed E-state index contributed by atoms with van der Waals surface area (Å²) in [7, 11) is 0. The van der Waals surface area contributed by atoms with Crippen molar-refractivity contribution in [3.8, 4) is 0 Å². The lowest BCUT2D eigenvalue weighted by atomic mass is 9.35. The van der Waals surface area contributed by atoms with Crippen molar-refractivity contribution in [1.29, 1.82) is 0 Å². The average molecular weight is 631 g/mol. The van der Waals surface area contributed by atoms with Crippen LogP contribution in [0.15, 0.2) is 30.3 Å². The van der Waals surface area contributed by atoms with Crippen LogP contribution in [-0.2, 0) is 25.7 Å². The predicted molar refractivity (Wildman–Crippen MR) is 165 cm³/mol. The van der Waals surface area contributed by atoms with E-state index in [9.17, 15) is 34.5 Å². The molecule has 4 amide bonds. The Labute approximate surface area is 265 Å². The number of rotatable bonds is 18. The van der Waals surface area contributed by atoms with E-state index < -0.39 is 11.6 Å². The number of alkyl carbamates (subject to hydrolysis) is 1. The first-order valence-corrected chi connectivity index (χ1v) is 16.2. The molecule has 0 unspecified atom stereocenters. The number of hydrogen-bond donors (Lipinski definition) is 7. The summed E-state index contributed by atoms with van der Waals surface area (Å²) < 4.78 is 5.68. The highest BCUT2D eigenvalue weighted by atomic mass is 16.5. The van der Waals surface area contributed by atoms with Crippen LogP contribution in [0, 0.1) is 16.2 Å². The molecule has 0 spiro atoms. The highest BCUT2D eigenvalue weighted by Gasteiger charge is 2.68. The fourth-order valence-corrected chi connectivity index (χ4v) is 9.18. The molecule has 4 fully saturated rings. The molecule has 4 saturated carbocycles. The summed E-state index contributed by atoms with van der Waals surface area (Å²) in [6, 6.07) is 9.45. The maximum atomic E-state index is 13.4. The molecule has 5 rings (SSSR count). The normalized spacial score (nSPS) is 27.9. The third kappa shape index (κ3) is 9.40. The van der Waals surface area contributed by atoms with Crippen molar-refractivity contribution in [3.63, 3.8) is 0 Å². The van der Waals surface area contributed by atoms with Gasteiger partial charge in [-0.2, -0.15) is 0 Å². The minimum atomic E-state index is -0.632. The minimum absolute atomic E-state index is 0.130. The van der Waals surface area contributed by atoms with E-state index in [0.717, 1.165) is 24.8 Å². The van der Waals surface area contributed by atoms with Crippen molar-refractivity contribution in [2.75, 3.05) is 39.5 Å². The first-order valence-electron chi connectivity index (χ1n) is 16.2. The van der Waals surface area contributed by atoms with Crippen LogP contribution in [0.4, 0.5) is 4.79 Å². The third-order valence-corrected chi connectivity index (χ3v) is 9.92. The molecule has 1 aromatic rings. The van der Waals surface area contributed by atoms with E-state index in [2.05, 4.69) is 21.3 Å². The predicted octanol–water partition coefficient (Wildman–Crippen LogP) is 1.66. The van der Waals surface area contributed by atoms with Crippen LogP contribution in [0.1, 0.15) is 82.6 Å². The summed E-state index contributed by atoms with van der Waals surface area (Å²) in [6.07, 6.45) is 6.50. The molecule has 0 heterocycles. The molecule has 250 valence electrons. The Morgan fingerprint density at radius 3 is 1.40 bits per heavy atom. The number of carbonyl (C=O) groups is 4. The molecule has 0 saturated heterocycles. The first kappa shape index (κ1) is 34.6. The number of amides is 4. The van der Waals surface area contributed by atoms with E-state index in [1.807, 2.05) is 30.3 Å². The van der Waals surface area contributed by atoms with Gasteiger partial charge < -0.3 is 41.3 Å². The Morgan fingerprint density at radius 1 is 0.622 bits per heavy atom. The number of benzene rings is 1. The molecular weight excluding hydrogens is 580 g/mol. The largest absolute Gasteiger partial charge is 0.445 e. The number of aliphatic hydroxyl groups excluding tert-OH is 3. The van der Waals surface area contributed by atoms with Crippen LogP contribution in [0.25, 0.3) is 0 Å². The van der Waals surface area contributed by atoms with Crippen LogP contribution >= 0.6 is 0 Å². The van der Waals surface area contributed by atoms with E-state index in [1.165, 1.54) is 0 Å². The van der Waals surface area contributed by atoms with Crippen LogP contribution in [0.5, 0.6) is 0 Å². The summed E-state index contributed by atoms with van der Waals surface area (Å²) in [4.78, 5) is 51.5. The zero-order valence-electron chi connectivity index (χ0n) is 26.2. The lowest BCUT2D eigenvalue weighted by Gasteiger charge is -2.71. The van der Waals surface area contributed by atoms with Gasteiger partial charge >= 0.3 is 6.09 Å². The van der Waals surface area contributed by atoms with Crippen molar-refractivity contribution >= 4 is 23.8 Å². The second-order valence-electron chi connectivity index (χ2n) is 13.7. The number of nitrogens with one attached hydrogen (secondary N) is 4. The molecule has 12 nitrogen and oxygen atoms in total. The fourth-order valence-electron chi connectivity index (χ4n) is 9.18. The Hall–Kier alpha value is -3.22. The van der Waals surface area contributed by atoms with Crippen molar-refractivity contribution in [2.45, 2.75) is 89.2 Å². The summed E-state index contributed by atoms with van der Waals surface area (Å²) in [5.41, 5.74) is -0.671. The molecule has 0 radical (unpaired) electrons. The van der Waals surface area contributed by atoms with Gasteiger partial charge in [-0.15, -0.1) is 0 Å². The van der Waals surface area contributed by atoms with Crippen LogP contribution in [0.3, 0.4) is 0 Å². The quantitative estimate of drug-likeness (QED) is 0.128. The maximum Gasteiger partial charge on any atom is 0.407 e. The minimum Gasteiger partial charge on any atom is -0.445 e. The van der Waals surface area contributed by atoms with Gasteiger partial charge in [-0.1, -0.05) is 30.3 Å². The summed E-state index contributed by atoms with van der Waals surface area (Å²) in [6.45, 7) is 0.262. The molecule has 4 aliphatic carbocycles. The highest BCUT2D eigenvalue weighted by molar-refractivity contribution is 5.77. The van der Waals surface area contributed by atoms with Gasteiger partial charge in [0.25, 0.3) is 0 Å². The van der Waals surface area contributed by atoms with E-state index in [0.29, 0.717) is 38.5 Å². The first-order chi connectivity index (χ1) is 21.6. The van der Waals surface area contributed by atoms with E-state index in [-0.39, 0.29) is 99.3 Å². The van der Waals surface area contributed by atoms with Gasteiger partial charge in [0.2, 0.25) is 17.7 Å². The lowest BCUT2D eigenvalue weighted by Crippen LogP contribution is -2.69. The van der Waals surface area contributed by atoms with Crippen LogP contribution in [-0.4, -0.2) is 84.1 Å². The second kappa shape index (κ2) is 15.4. The molecule has 1 aromatic carbocycles. The van der Waals surface area contributed by atoms with Gasteiger partial charge in [-0.25, -0.2) is 4.79 Å². The van der Waals surface area contributed by atoms with E-state index in [1.54, 1.807) is 0 Å². The van der Waals surface area contributed by atoms with Crippen LogP contribution in [0.2, 0.25) is 0 Å². The zero-order chi connectivity index (χ0) is 32.4. The fraction of sp³-hybridized carbons (Fsp3) is 0.697. The van der Waals surface area contributed by atoms with Crippen LogP contribution < -0.4 is 21.3 Å². The van der Waals surface area contributed by atoms with Gasteiger partial charge in [-0.05, 0) is 79.6 Å². The lowest BCUT2D eigenvalue weighted by molar-refractivity contribution is -0.186. The Kier molecular flexibility index (Phi) is 11.8. The summed E-state index contributed by atoms with van der Waals surface area (Å²) in [5.74, 6) is -0.420. The average Bonchev–Trinajstić information content (AvgIpc) is 3.01. The Bertz CT molecular complexity index is 1070. The highest BCUT2D eigenvalue weighted by Crippen LogP contribution is 2.74. The Morgan fingerprint density at radius 2 is 1.02 bits per heavy atom. The van der Waals surface area contributed by atoms with Crippen molar-refractivity contribution in [1.82, 2.24) is 21.3 Å².